The van der Waals surface area contributed by atoms with Crippen molar-refractivity contribution in [2.75, 3.05) is 20.5 Å². The predicted octanol–water partition coefficient (Wildman–Crippen LogP) is 4.09. The zero-order valence-electron chi connectivity index (χ0n) is 24.5. The molecule has 1 heterocycles. The number of sulfonamides is 1. The van der Waals surface area contributed by atoms with E-state index in [9.17, 15) is 18.0 Å². The number of nitrogens with one attached hydrogen (secondary N) is 2. The van der Waals surface area contributed by atoms with Crippen LogP contribution in [0.1, 0.15) is 64.7 Å². The van der Waals surface area contributed by atoms with Gasteiger partial charge in [0.15, 0.2) is 0 Å². The number of rotatable bonds is 10. The van der Waals surface area contributed by atoms with E-state index in [0.717, 1.165) is 24.7 Å². The number of hydroxylamine groups is 1. The predicted molar refractivity (Wildman–Crippen MR) is 161 cm³/mol. The summed E-state index contributed by atoms with van der Waals surface area (Å²) in [4.78, 5) is 35.9. The van der Waals surface area contributed by atoms with E-state index in [4.69, 9.17) is 14.3 Å². The van der Waals surface area contributed by atoms with E-state index in [1.54, 1.807) is 54.5 Å². The number of hydrogen-bond acceptors (Lipinski definition) is 7. The normalized spacial score (nSPS) is 22.0. The lowest BCUT2D eigenvalue weighted by molar-refractivity contribution is -0.138. The Morgan fingerprint density at radius 2 is 1.65 bits per heavy atom. The van der Waals surface area contributed by atoms with Crippen molar-refractivity contribution in [2.24, 2.45) is 0 Å². The molecule has 11 heteroatoms. The molecule has 2 amide bonds. The average Bonchev–Trinajstić information content (AvgIpc) is 3.01. The molecule has 10 nitrogen and oxygen atoms in total. The Balaban J connectivity index is 1.63. The van der Waals surface area contributed by atoms with Gasteiger partial charge in [-0.25, -0.2) is 18.6 Å². The Kier molecular flexibility index (Phi) is 9.34. The lowest BCUT2D eigenvalue weighted by atomic mass is 9.76. The van der Waals surface area contributed by atoms with E-state index in [1.807, 2.05) is 30.3 Å². The maximum atomic E-state index is 14.4. The van der Waals surface area contributed by atoms with Crippen molar-refractivity contribution in [2.45, 2.75) is 56.3 Å². The fraction of sp³-hybridized carbons (Fsp3) is 0.375. The van der Waals surface area contributed by atoms with Gasteiger partial charge in [-0.2, -0.15) is 0 Å². The lowest BCUT2D eigenvalue weighted by Crippen LogP contribution is -2.59. The topological polar surface area (TPSA) is 123 Å². The minimum Gasteiger partial charge on any atom is -0.497 e. The van der Waals surface area contributed by atoms with Gasteiger partial charge in [-0.15, -0.1) is 0 Å². The third-order valence-corrected chi connectivity index (χ3v) is 8.86. The highest BCUT2D eigenvalue weighted by Crippen LogP contribution is 2.48. The first-order valence-corrected chi connectivity index (χ1v) is 16.2. The van der Waals surface area contributed by atoms with Crippen molar-refractivity contribution in [3.63, 3.8) is 0 Å². The van der Waals surface area contributed by atoms with Crippen molar-refractivity contribution < 1.29 is 32.3 Å². The number of carbonyl (C=O) groups excluding carboxylic acids is 2. The summed E-state index contributed by atoms with van der Waals surface area (Å²) < 4.78 is 38.8. The molecule has 5 rings (SSSR count). The number of carbonyl (C=O) groups is 2. The van der Waals surface area contributed by atoms with Crippen LogP contribution in [-0.4, -0.2) is 57.7 Å². The Bertz CT molecular complexity index is 1560. The first kappa shape index (κ1) is 30.5. The minimum atomic E-state index is -3.57. The zero-order valence-corrected chi connectivity index (χ0v) is 25.3. The van der Waals surface area contributed by atoms with Gasteiger partial charge in [0.1, 0.15) is 11.5 Å². The number of hydrogen-bond donors (Lipinski definition) is 2. The minimum absolute atomic E-state index is 0.156. The Labute approximate surface area is 252 Å². The Morgan fingerprint density at radius 3 is 2.37 bits per heavy atom. The van der Waals surface area contributed by atoms with Crippen molar-refractivity contribution in [1.29, 1.82) is 0 Å². The fourth-order valence-corrected chi connectivity index (χ4v) is 7.10. The molecule has 1 fully saturated rings. The van der Waals surface area contributed by atoms with Crippen LogP contribution in [0.4, 0.5) is 0 Å². The second-order valence-corrected chi connectivity index (χ2v) is 12.7. The van der Waals surface area contributed by atoms with Gasteiger partial charge in [0.25, 0.3) is 11.8 Å². The van der Waals surface area contributed by atoms with Crippen LogP contribution in [0.15, 0.2) is 72.8 Å². The fourth-order valence-electron chi connectivity index (χ4n) is 6.28. The van der Waals surface area contributed by atoms with E-state index < -0.39 is 40.0 Å². The number of ether oxygens (including phenoxy) is 2. The molecule has 3 aromatic rings. The van der Waals surface area contributed by atoms with Crippen LogP contribution in [0.3, 0.4) is 0 Å². The van der Waals surface area contributed by atoms with Crippen molar-refractivity contribution >= 4 is 21.8 Å². The summed E-state index contributed by atoms with van der Waals surface area (Å²) in [5.74, 6) is -0.621. The highest BCUT2D eigenvalue weighted by atomic mass is 32.2. The molecule has 1 unspecified atom stereocenters. The van der Waals surface area contributed by atoms with Crippen molar-refractivity contribution in [3.05, 3.63) is 95.1 Å². The SMILES string of the molecule is COc1ccc([C@H]2[C@H](C(=O)NOCc3ccccc3)c3ccccc3C(=O)N2[C@H]2CCCCC2NS(C)(=O)=O)c(OC)c1. The molecule has 0 bridgehead atoms. The molecule has 0 saturated heterocycles. The highest BCUT2D eigenvalue weighted by Gasteiger charge is 2.49. The zero-order chi connectivity index (χ0) is 30.6. The highest BCUT2D eigenvalue weighted by molar-refractivity contribution is 7.88. The van der Waals surface area contributed by atoms with Crippen LogP contribution in [0.5, 0.6) is 11.5 Å². The molecule has 228 valence electrons. The van der Waals surface area contributed by atoms with Gasteiger partial charge in [0, 0.05) is 29.3 Å². The van der Waals surface area contributed by atoms with Gasteiger partial charge in [-0.1, -0.05) is 61.4 Å². The number of nitrogens with zero attached hydrogens (tertiary/aromatic N) is 1. The molecule has 3 aromatic carbocycles. The summed E-state index contributed by atoms with van der Waals surface area (Å²) in [5, 5.41) is 0. The molecule has 2 aliphatic rings. The number of methoxy groups -OCH3 is 2. The van der Waals surface area contributed by atoms with Crippen LogP contribution in [0.2, 0.25) is 0 Å². The number of fused-ring (bicyclic) bond motifs is 1. The van der Waals surface area contributed by atoms with E-state index in [1.165, 1.54) is 7.11 Å². The molecule has 2 N–H and O–H groups in total. The average molecular weight is 608 g/mol. The third-order valence-electron chi connectivity index (χ3n) is 8.12. The molecule has 4 atom stereocenters. The van der Waals surface area contributed by atoms with Gasteiger partial charge in [0.05, 0.1) is 39.0 Å². The number of amides is 2. The van der Waals surface area contributed by atoms with E-state index in [2.05, 4.69) is 10.2 Å². The smallest absolute Gasteiger partial charge is 0.255 e. The van der Waals surface area contributed by atoms with Crippen molar-refractivity contribution in [1.82, 2.24) is 15.1 Å². The molecule has 1 aliphatic heterocycles. The summed E-state index contributed by atoms with van der Waals surface area (Å²) in [6.45, 7) is 0.156. The second kappa shape index (κ2) is 13.2. The maximum Gasteiger partial charge on any atom is 0.255 e. The van der Waals surface area contributed by atoms with Gasteiger partial charge < -0.3 is 14.4 Å². The van der Waals surface area contributed by atoms with Crippen LogP contribution < -0.4 is 19.7 Å². The quantitative estimate of drug-likeness (QED) is 0.333. The molecule has 0 radical (unpaired) electrons. The summed E-state index contributed by atoms with van der Waals surface area (Å²) in [6, 6.07) is 19.9. The van der Waals surface area contributed by atoms with Gasteiger partial charge in [-0.3, -0.25) is 14.4 Å². The second-order valence-electron chi connectivity index (χ2n) is 10.9. The van der Waals surface area contributed by atoms with E-state index >= 15 is 0 Å². The first-order valence-electron chi connectivity index (χ1n) is 14.3. The largest absolute Gasteiger partial charge is 0.497 e. The Hall–Kier alpha value is -3.93. The van der Waals surface area contributed by atoms with Gasteiger partial charge >= 0.3 is 0 Å². The summed E-state index contributed by atoms with van der Waals surface area (Å²) >= 11 is 0. The molecule has 0 spiro atoms. The van der Waals surface area contributed by atoms with Crippen LogP contribution in [0, 0.1) is 0 Å². The monoisotopic (exact) mass is 607 g/mol. The van der Waals surface area contributed by atoms with E-state index in [-0.39, 0.29) is 12.5 Å². The van der Waals surface area contributed by atoms with Crippen LogP contribution >= 0.6 is 0 Å². The first-order chi connectivity index (χ1) is 20.7. The standard InChI is InChI=1S/C32H37N3O7S/c1-40-22-17-18-25(28(19-22)41-2)30-29(31(36)33-42-20-21-11-5-4-6-12-21)23-13-7-8-14-24(23)32(37)35(30)27-16-10-9-15-26(27)34-43(3,38)39/h4-8,11-14,17-19,26-27,29-30,34H,9-10,15-16,20H2,1-3H3,(H,33,36)/t26?,27-,29+,30-/m0/s1. The van der Waals surface area contributed by atoms with Crippen LogP contribution in [0.25, 0.3) is 0 Å². The van der Waals surface area contributed by atoms with Crippen molar-refractivity contribution in [3.8, 4) is 11.5 Å². The molecular weight excluding hydrogens is 570 g/mol. The molecule has 0 aromatic heterocycles. The molecule has 43 heavy (non-hydrogen) atoms. The Morgan fingerprint density at radius 1 is 0.930 bits per heavy atom. The van der Waals surface area contributed by atoms with Gasteiger partial charge in [0.2, 0.25) is 10.0 Å². The molecular formula is C32H37N3O7S. The summed E-state index contributed by atoms with van der Waals surface area (Å²) in [6.07, 6.45) is 3.87. The number of benzene rings is 3. The molecule has 1 saturated carbocycles. The summed E-state index contributed by atoms with van der Waals surface area (Å²) in [7, 11) is -0.506. The van der Waals surface area contributed by atoms with Gasteiger partial charge in [-0.05, 0) is 42.2 Å². The van der Waals surface area contributed by atoms with Crippen LogP contribution in [-0.2, 0) is 26.3 Å². The molecule has 1 aliphatic carbocycles. The summed E-state index contributed by atoms with van der Waals surface area (Å²) in [5.41, 5.74) is 5.05. The third kappa shape index (κ3) is 6.69. The lowest BCUT2D eigenvalue weighted by Gasteiger charge is -2.49. The van der Waals surface area contributed by atoms with E-state index in [0.29, 0.717) is 41.0 Å². The maximum absolute atomic E-state index is 14.4.